The molecular formula is C23H21N5O4. The first-order valence-corrected chi connectivity index (χ1v) is 10.4. The zero-order valence-corrected chi connectivity index (χ0v) is 17.4. The van der Waals surface area contributed by atoms with Gasteiger partial charge in [0.2, 0.25) is 5.95 Å². The molecule has 9 heteroatoms. The van der Waals surface area contributed by atoms with Crippen molar-refractivity contribution in [3.8, 4) is 11.3 Å². The lowest BCUT2D eigenvalue weighted by Crippen LogP contribution is -2.45. The Bertz CT molecular complexity index is 1490. The van der Waals surface area contributed by atoms with Gasteiger partial charge in [-0.05, 0) is 50.1 Å². The second-order valence-electron chi connectivity index (χ2n) is 7.42. The number of furan rings is 1. The van der Waals surface area contributed by atoms with Crippen LogP contribution < -0.4 is 21.3 Å². The number of ether oxygens (including phenoxy) is 1. The van der Waals surface area contributed by atoms with Gasteiger partial charge >= 0.3 is 6.09 Å². The summed E-state index contributed by atoms with van der Waals surface area (Å²) in [5.41, 5.74) is 2.96. The zero-order chi connectivity index (χ0) is 22.1. The van der Waals surface area contributed by atoms with Crippen molar-refractivity contribution in [2.24, 2.45) is 0 Å². The van der Waals surface area contributed by atoms with E-state index in [-0.39, 0.29) is 12.2 Å². The minimum Gasteiger partial charge on any atom is -0.461 e. The highest BCUT2D eigenvalue weighted by Gasteiger charge is 2.12. The molecule has 162 valence electrons. The number of imidazole rings is 1. The predicted octanol–water partition coefficient (Wildman–Crippen LogP) is 2.42. The van der Waals surface area contributed by atoms with E-state index in [1.54, 1.807) is 6.92 Å². The van der Waals surface area contributed by atoms with Crippen molar-refractivity contribution < 1.29 is 13.9 Å². The topological polar surface area (TPSA) is 126 Å². The minimum atomic E-state index is -0.560. The molecule has 3 aromatic heterocycles. The molecule has 3 N–H and O–H groups in total. The monoisotopic (exact) mass is 431 g/mol. The molecule has 1 amide bonds. The molecule has 1 aliphatic carbocycles. The van der Waals surface area contributed by atoms with Crippen LogP contribution in [0.3, 0.4) is 0 Å². The maximum absolute atomic E-state index is 12.0. The van der Waals surface area contributed by atoms with E-state index in [1.807, 2.05) is 36.4 Å². The number of benzene rings is 1. The van der Waals surface area contributed by atoms with Gasteiger partial charge in [-0.15, -0.1) is 0 Å². The molecule has 9 nitrogen and oxygen atoms in total. The lowest BCUT2D eigenvalue weighted by Gasteiger charge is -2.04. The highest BCUT2D eigenvalue weighted by atomic mass is 16.5. The van der Waals surface area contributed by atoms with Gasteiger partial charge < -0.3 is 14.1 Å². The molecule has 1 aromatic carbocycles. The summed E-state index contributed by atoms with van der Waals surface area (Å²) in [6.07, 6.45) is 5.69. The highest BCUT2D eigenvalue weighted by molar-refractivity contribution is 5.87. The van der Waals surface area contributed by atoms with Gasteiger partial charge in [0.25, 0.3) is 5.56 Å². The fourth-order valence-electron chi connectivity index (χ4n) is 3.82. The van der Waals surface area contributed by atoms with E-state index in [4.69, 9.17) is 9.15 Å². The Kier molecular flexibility index (Phi) is 5.06. The van der Waals surface area contributed by atoms with Crippen LogP contribution in [0.2, 0.25) is 0 Å². The van der Waals surface area contributed by atoms with Gasteiger partial charge in [0.1, 0.15) is 11.5 Å². The normalized spacial score (nSPS) is 12.7. The second kappa shape index (κ2) is 8.18. The van der Waals surface area contributed by atoms with Crippen LogP contribution in [0.25, 0.3) is 34.5 Å². The number of hydrogen-bond acceptors (Lipinski definition) is 6. The van der Waals surface area contributed by atoms with E-state index < -0.39 is 6.09 Å². The van der Waals surface area contributed by atoms with Crippen LogP contribution in [0.15, 0.2) is 39.5 Å². The van der Waals surface area contributed by atoms with Gasteiger partial charge in [-0.3, -0.25) is 10.1 Å². The average Bonchev–Trinajstić information content (AvgIpc) is 3.42. The van der Waals surface area contributed by atoms with Gasteiger partial charge in [0.05, 0.1) is 29.8 Å². The molecule has 0 fully saturated rings. The largest absolute Gasteiger partial charge is 0.461 e. The van der Waals surface area contributed by atoms with Crippen molar-refractivity contribution in [1.82, 2.24) is 20.2 Å². The minimum absolute atomic E-state index is 0.162. The van der Waals surface area contributed by atoms with Gasteiger partial charge in [-0.25, -0.2) is 14.9 Å². The summed E-state index contributed by atoms with van der Waals surface area (Å²) in [5, 5.41) is 11.0. The molecule has 0 spiro atoms. The Hall–Kier alpha value is -4.14. The Morgan fingerprint density at radius 3 is 2.88 bits per heavy atom. The SMILES string of the molecule is CCOC(=O)Nc1nc2ccc(-c3ccc(Cc4n[nH]c(=O)c5c4=CCCC=5)o3)cc2[nH]1. The number of nitrogens with zero attached hydrogens (tertiary/aromatic N) is 2. The number of H-pyrrole nitrogens is 2. The number of carbonyl (C=O) groups is 1. The van der Waals surface area contributed by atoms with E-state index in [1.165, 1.54) is 0 Å². The van der Waals surface area contributed by atoms with E-state index in [2.05, 4.69) is 31.6 Å². The highest BCUT2D eigenvalue weighted by Crippen LogP contribution is 2.26. The summed E-state index contributed by atoms with van der Waals surface area (Å²) >= 11 is 0. The van der Waals surface area contributed by atoms with Crippen LogP contribution in [0.1, 0.15) is 31.2 Å². The third-order valence-corrected chi connectivity index (χ3v) is 5.27. The first-order valence-electron chi connectivity index (χ1n) is 10.4. The predicted molar refractivity (Wildman–Crippen MR) is 120 cm³/mol. The molecule has 0 atom stereocenters. The number of fused-ring (bicyclic) bond motifs is 2. The fourth-order valence-corrected chi connectivity index (χ4v) is 3.82. The number of amides is 1. The van der Waals surface area contributed by atoms with Crippen molar-refractivity contribution in [1.29, 1.82) is 0 Å². The first-order chi connectivity index (χ1) is 15.6. The third kappa shape index (κ3) is 3.80. The summed E-state index contributed by atoms with van der Waals surface area (Å²) < 4.78 is 10.9. The van der Waals surface area contributed by atoms with Gasteiger partial charge in [-0.2, -0.15) is 5.10 Å². The van der Waals surface area contributed by atoms with E-state index in [0.29, 0.717) is 28.9 Å². The third-order valence-electron chi connectivity index (χ3n) is 5.27. The first kappa shape index (κ1) is 19.8. The summed E-state index contributed by atoms with van der Waals surface area (Å²) in [6, 6.07) is 9.47. The maximum atomic E-state index is 12.0. The van der Waals surface area contributed by atoms with Crippen molar-refractivity contribution in [3.05, 3.63) is 62.6 Å². The second-order valence-corrected chi connectivity index (χ2v) is 7.42. The molecule has 0 radical (unpaired) electrons. The molecule has 1 aliphatic rings. The maximum Gasteiger partial charge on any atom is 0.413 e. The number of nitrogens with one attached hydrogen (secondary N) is 3. The number of aromatic nitrogens is 4. The van der Waals surface area contributed by atoms with Crippen LogP contribution in [-0.4, -0.2) is 32.9 Å². The quantitative estimate of drug-likeness (QED) is 0.446. The van der Waals surface area contributed by atoms with Crippen molar-refractivity contribution in [2.45, 2.75) is 26.2 Å². The lowest BCUT2D eigenvalue weighted by atomic mass is 10.1. The molecule has 4 aromatic rings. The average molecular weight is 431 g/mol. The summed E-state index contributed by atoms with van der Waals surface area (Å²) in [7, 11) is 0. The number of carbonyl (C=O) groups excluding carboxylic acids is 1. The molecule has 32 heavy (non-hydrogen) atoms. The van der Waals surface area contributed by atoms with Crippen molar-refractivity contribution in [2.75, 3.05) is 11.9 Å². The molecule has 5 rings (SSSR count). The van der Waals surface area contributed by atoms with Gasteiger partial charge in [0, 0.05) is 16.0 Å². The zero-order valence-electron chi connectivity index (χ0n) is 17.4. The van der Waals surface area contributed by atoms with E-state index in [9.17, 15) is 9.59 Å². The molecule has 0 saturated heterocycles. The number of anilines is 1. The van der Waals surface area contributed by atoms with Crippen LogP contribution in [0.4, 0.5) is 10.7 Å². The van der Waals surface area contributed by atoms with Crippen molar-refractivity contribution in [3.63, 3.8) is 0 Å². The van der Waals surface area contributed by atoms with Crippen LogP contribution >= 0.6 is 0 Å². The Balaban J connectivity index is 1.40. The summed E-state index contributed by atoms with van der Waals surface area (Å²) in [4.78, 5) is 31.0. The molecule has 0 bridgehead atoms. The Morgan fingerprint density at radius 1 is 1.19 bits per heavy atom. The molecule has 0 unspecified atom stereocenters. The number of rotatable bonds is 5. The van der Waals surface area contributed by atoms with E-state index in [0.717, 1.165) is 40.6 Å². The molecule has 0 aliphatic heterocycles. The summed E-state index contributed by atoms with van der Waals surface area (Å²) in [5.74, 6) is 1.76. The van der Waals surface area contributed by atoms with Crippen LogP contribution in [0, 0.1) is 0 Å². The number of hydrogen-bond donors (Lipinski definition) is 3. The Morgan fingerprint density at radius 2 is 2.03 bits per heavy atom. The fraction of sp³-hybridized carbons (Fsp3) is 0.217. The summed E-state index contributed by atoms with van der Waals surface area (Å²) in [6.45, 7) is 2.02. The standard InChI is InChI=1S/C23H21N5O4/c1-2-31-23(30)26-22-24-17-9-7-13(11-19(17)25-22)20-10-8-14(32-20)12-18-15-5-3-4-6-16(15)21(29)28-27-18/h5-11H,2-4,12H2,1H3,(H,28,29)(H2,24,25,26,30). The lowest BCUT2D eigenvalue weighted by molar-refractivity contribution is 0.167. The van der Waals surface area contributed by atoms with Crippen LogP contribution in [0.5, 0.6) is 0 Å². The van der Waals surface area contributed by atoms with Gasteiger partial charge in [0.15, 0.2) is 0 Å². The Labute approximate surface area is 181 Å². The molecule has 0 saturated carbocycles. The van der Waals surface area contributed by atoms with E-state index >= 15 is 0 Å². The molecular weight excluding hydrogens is 410 g/mol. The van der Waals surface area contributed by atoms with Gasteiger partial charge in [-0.1, -0.05) is 12.2 Å². The van der Waals surface area contributed by atoms with Crippen LogP contribution in [-0.2, 0) is 11.2 Å². The molecule has 3 heterocycles. The number of aromatic amines is 2. The smallest absolute Gasteiger partial charge is 0.413 e. The van der Waals surface area contributed by atoms with Crippen molar-refractivity contribution >= 4 is 35.2 Å².